The number of aliphatic hydroxyl groups excluding tert-OH is 1. The molecule has 0 aromatic carbocycles. The maximum atomic E-state index is 8.90. The van der Waals surface area contributed by atoms with Gasteiger partial charge < -0.3 is 5.11 Å². The molecule has 1 aliphatic rings. The second-order valence-corrected chi connectivity index (χ2v) is 3.15. The fraction of sp³-hybridized carbons (Fsp3) is 0.800. The van der Waals surface area contributed by atoms with Crippen molar-refractivity contribution in [1.82, 2.24) is 0 Å². The maximum absolute atomic E-state index is 8.90. The molecule has 1 atom stereocenters. The molecule has 1 heteroatoms. The molecule has 0 bridgehead atoms. The van der Waals surface area contributed by atoms with Crippen molar-refractivity contribution in [3.63, 3.8) is 0 Å². The van der Waals surface area contributed by atoms with Crippen LogP contribution in [0, 0.1) is 17.8 Å². The van der Waals surface area contributed by atoms with E-state index in [-0.39, 0.29) is 12.5 Å². The molecular formula is C10H16O. The molecule has 1 aliphatic carbocycles. The smallest absolute Gasteiger partial charge is 0.0568 e. The normalized spacial score (nSPS) is 25.7. The first-order chi connectivity index (χ1) is 5.43. The number of aliphatic hydroxyl groups is 1. The lowest BCUT2D eigenvalue weighted by Crippen LogP contribution is -2.02. The Kier molecular flexibility index (Phi) is 4.08. The van der Waals surface area contributed by atoms with Crippen LogP contribution in [0.1, 0.15) is 38.5 Å². The second-order valence-electron chi connectivity index (χ2n) is 3.15. The van der Waals surface area contributed by atoms with Gasteiger partial charge in [-0.1, -0.05) is 25.2 Å². The summed E-state index contributed by atoms with van der Waals surface area (Å²) in [4.78, 5) is 0. The van der Waals surface area contributed by atoms with Crippen molar-refractivity contribution in [2.75, 3.05) is 6.61 Å². The van der Waals surface area contributed by atoms with E-state index in [0.29, 0.717) is 0 Å². The van der Waals surface area contributed by atoms with E-state index in [2.05, 4.69) is 11.8 Å². The monoisotopic (exact) mass is 152 g/mol. The highest BCUT2D eigenvalue weighted by Gasteiger charge is 2.03. The van der Waals surface area contributed by atoms with E-state index in [1.54, 1.807) is 0 Å². The summed E-state index contributed by atoms with van der Waals surface area (Å²) in [6.07, 6.45) is 7.21. The molecule has 0 aliphatic heterocycles. The molecule has 0 saturated carbocycles. The lowest BCUT2D eigenvalue weighted by molar-refractivity contribution is 0.248. The zero-order chi connectivity index (χ0) is 7.94. The molecule has 1 N–H and O–H groups in total. The molecule has 0 spiro atoms. The van der Waals surface area contributed by atoms with Gasteiger partial charge in [-0.05, 0) is 12.8 Å². The first-order valence-corrected chi connectivity index (χ1v) is 4.52. The van der Waals surface area contributed by atoms with E-state index in [1.807, 2.05) is 0 Å². The molecule has 0 aromatic rings. The van der Waals surface area contributed by atoms with Gasteiger partial charge in [-0.2, -0.15) is 0 Å². The Morgan fingerprint density at radius 2 is 2.00 bits per heavy atom. The Bertz CT molecular complexity index is 152. The zero-order valence-electron chi connectivity index (χ0n) is 6.97. The number of rotatable bonds is 1. The van der Waals surface area contributed by atoms with Crippen LogP contribution in [-0.4, -0.2) is 11.7 Å². The van der Waals surface area contributed by atoms with Gasteiger partial charge in [-0.3, -0.25) is 0 Å². The molecule has 62 valence electrons. The van der Waals surface area contributed by atoms with Gasteiger partial charge in [-0.15, -0.1) is 5.92 Å². The third-order valence-electron chi connectivity index (χ3n) is 2.13. The Morgan fingerprint density at radius 1 is 1.18 bits per heavy atom. The van der Waals surface area contributed by atoms with Gasteiger partial charge >= 0.3 is 0 Å². The largest absolute Gasteiger partial charge is 0.395 e. The van der Waals surface area contributed by atoms with E-state index in [4.69, 9.17) is 5.11 Å². The van der Waals surface area contributed by atoms with Gasteiger partial charge in [0.05, 0.1) is 6.61 Å². The van der Waals surface area contributed by atoms with Crippen LogP contribution in [0.2, 0.25) is 0 Å². The molecule has 1 unspecified atom stereocenters. The van der Waals surface area contributed by atoms with Crippen molar-refractivity contribution in [3.05, 3.63) is 0 Å². The molecule has 0 heterocycles. The van der Waals surface area contributed by atoms with Crippen LogP contribution in [0.25, 0.3) is 0 Å². The van der Waals surface area contributed by atoms with E-state index in [0.717, 1.165) is 12.8 Å². The summed E-state index contributed by atoms with van der Waals surface area (Å²) in [7, 11) is 0. The minimum Gasteiger partial charge on any atom is -0.395 e. The standard InChI is InChI=1S/C10H16O/c11-9-10-7-5-3-1-2-4-6-8-10/h10-11H,1-5,7,9H2. The van der Waals surface area contributed by atoms with Crippen LogP contribution < -0.4 is 0 Å². The SMILES string of the molecule is OCC1C#CCCCCCC1. The minimum absolute atomic E-state index is 0.243. The van der Waals surface area contributed by atoms with E-state index < -0.39 is 0 Å². The van der Waals surface area contributed by atoms with Crippen molar-refractivity contribution < 1.29 is 5.11 Å². The summed E-state index contributed by atoms with van der Waals surface area (Å²) < 4.78 is 0. The van der Waals surface area contributed by atoms with Crippen LogP contribution in [-0.2, 0) is 0 Å². The first-order valence-electron chi connectivity index (χ1n) is 4.52. The van der Waals surface area contributed by atoms with Crippen LogP contribution in [0.5, 0.6) is 0 Å². The van der Waals surface area contributed by atoms with Crippen molar-refractivity contribution in [3.8, 4) is 11.8 Å². The first kappa shape index (κ1) is 8.62. The lowest BCUT2D eigenvalue weighted by atomic mass is 10.0. The fourth-order valence-corrected chi connectivity index (χ4v) is 1.38. The summed E-state index contributed by atoms with van der Waals surface area (Å²) in [6.45, 7) is 0.243. The Morgan fingerprint density at radius 3 is 2.82 bits per heavy atom. The third-order valence-corrected chi connectivity index (χ3v) is 2.13. The predicted octanol–water partition coefficient (Wildman–Crippen LogP) is 1.95. The fourth-order valence-electron chi connectivity index (χ4n) is 1.38. The quantitative estimate of drug-likeness (QED) is 0.569. The van der Waals surface area contributed by atoms with Crippen molar-refractivity contribution in [2.45, 2.75) is 38.5 Å². The average molecular weight is 152 g/mol. The Labute approximate surface area is 68.8 Å². The van der Waals surface area contributed by atoms with Gasteiger partial charge in [-0.25, -0.2) is 0 Å². The van der Waals surface area contributed by atoms with Crippen molar-refractivity contribution in [1.29, 1.82) is 0 Å². The maximum Gasteiger partial charge on any atom is 0.0568 e. The van der Waals surface area contributed by atoms with E-state index in [1.165, 1.54) is 25.7 Å². The molecule has 0 aromatic heterocycles. The summed E-state index contributed by atoms with van der Waals surface area (Å²) in [5.74, 6) is 6.49. The van der Waals surface area contributed by atoms with Gasteiger partial charge in [0.25, 0.3) is 0 Å². The Hall–Kier alpha value is -0.480. The highest BCUT2D eigenvalue weighted by Crippen LogP contribution is 2.12. The van der Waals surface area contributed by atoms with Crippen LogP contribution in [0.4, 0.5) is 0 Å². The summed E-state index contributed by atoms with van der Waals surface area (Å²) in [6, 6.07) is 0. The van der Waals surface area contributed by atoms with Crippen molar-refractivity contribution >= 4 is 0 Å². The molecule has 0 radical (unpaired) electrons. The minimum atomic E-state index is 0.243. The molecule has 11 heavy (non-hydrogen) atoms. The van der Waals surface area contributed by atoms with Gasteiger partial charge in [0, 0.05) is 12.3 Å². The summed E-state index contributed by atoms with van der Waals surface area (Å²) in [5, 5.41) is 8.90. The molecule has 0 amide bonds. The molecule has 1 nitrogen and oxygen atoms in total. The van der Waals surface area contributed by atoms with Crippen molar-refractivity contribution in [2.24, 2.45) is 5.92 Å². The summed E-state index contributed by atoms with van der Waals surface area (Å²) >= 11 is 0. The molecule has 0 fully saturated rings. The predicted molar refractivity (Wildman–Crippen MR) is 46.1 cm³/mol. The van der Waals surface area contributed by atoms with E-state index in [9.17, 15) is 0 Å². The summed E-state index contributed by atoms with van der Waals surface area (Å²) in [5.41, 5.74) is 0. The van der Waals surface area contributed by atoms with Gasteiger partial charge in [0.1, 0.15) is 0 Å². The van der Waals surface area contributed by atoms with Crippen LogP contribution in [0.3, 0.4) is 0 Å². The van der Waals surface area contributed by atoms with Crippen LogP contribution in [0.15, 0.2) is 0 Å². The highest BCUT2D eigenvalue weighted by atomic mass is 16.3. The number of hydrogen-bond donors (Lipinski definition) is 1. The van der Waals surface area contributed by atoms with Gasteiger partial charge in [0.2, 0.25) is 0 Å². The zero-order valence-corrected chi connectivity index (χ0v) is 6.97. The lowest BCUT2D eigenvalue weighted by Gasteiger charge is -2.04. The molecular weight excluding hydrogens is 136 g/mol. The van der Waals surface area contributed by atoms with Gasteiger partial charge in [0.15, 0.2) is 0 Å². The third kappa shape index (κ3) is 3.43. The topological polar surface area (TPSA) is 20.2 Å². The Balaban J connectivity index is 2.36. The number of hydrogen-bond acceptors (Lipinski definition) is 1. The highest BCUT2D eigenvalue weighted by molar-refractivity contribution is 5.03. The molecule has 0 saturated heterocycles. The molecule has 1 rings (SSSR count). The second kappa shape index (κ2) is 5.21. The average Bonchev–Trinajstić information content (AvgIpc) is 2.16. The van der Waals surface area contributed by atoms with Crippen LogP contribution >= 0.6 is 0 Å². The van der Waals surface area contributed by atoms with E-state index >= 15 is 0 Å².